The first-order chi connectivity index (χ1) is 10.1. The molecule has 0 unspecified atom stereocenters. The van der Waals surface area contributed by atoms with Gasteiger partial charge >= 0.3 is 5.97 Å². The number of aromatic carboxylic acids is 1. The molecule has 0 saturated carbocycles. The number of carboxylic acid groups (broad SMARTS) is 1. The lowest BCUT2D eigenvalue weighted by Gasteiger charge is -2.37. The fraction of sp³-hybridized carbons (Fsp3) is 0.625. The summed E-state index contributed by atoms with van der Waals surface area (Å²) in [5.74, 6) is 0.261. The van der Waals surface area contributed by atoms with E-state index in [0.29, 0.717) is 5.92 Å². The van der Waals surface area contributed by atoms with Crippen molar-refractivity contribution in [1.29, 1.82) is 0 Å². The number of rotatable bonds is 5. The van der Waals surface area contributed by atoms with Crippen molar-refractivity contribution in [2.45, 2.75) is 44.8 Å². The number of hydrogen-bond acceptors (Lipinski definition) is 4. The molecule has 0 spiro atoms. The smallest absolute Gasteiger partial charge is 0.354 e. The molecule has 6 heteroatoms. The molecule has 1 fully saturated rings. The lowest BCUT2D eigenvalue weighted by Crippen LogP contribution is -2.40. The quantitative estimate of drug-likeness (QED) is 0.815. The summed E-state index contributed by atoms with van der Waals surface area (Å²) < 4.78 is 0. The summed E-state index contributed by atoms with van der Waals surface area (Å²) in [6.45, 7) is 10.1. The van der Waals surface area contributed by atoms with Gasteiger partial charge in [-0.2, -0.15) is 0 Å². The van der Waals surface area contributed by atoms with Crippen LogP contribution in [-0.2, 0) is 0 Å². The molecular weight excluding hydrogens is 296 g/mol. The largest absolute Gasteiger partial charge is 0.477 e. The van der Waals surface area contributed by atoms with E-state index in [1.165, 1.54) is 6.07 Å². The van der Waals surface area contributed by atoms with Gasteiger partial charge in [0.1, 0.15) is 5.82 Å². The molecule has 0 aromatic carbocycles. The Hall–Kier alpha value is -1.40. The Balaban J connectivity index is 2.04. The zero-order valence-corrected chi connectivity index (χ0v) is 14.8. The van der Waals surface area contributed by atoms with Crippen LogP contribution in [0.15, 0.2) is 18.2 Å². The predicted molar refractivity (Wildman–Crippen MR) is 89.9 cm³/mol. The Bertz CT molecular complexity index is 555. The highest BCUT2D eigenvalue weighted by molar-refractivity contribution is 6.72. The molecule has 2 N–H and O–H groups in total. The minimum Gasteiger partial charge on any atom is -0.477 e. The number of carboxylic acids is 1. The number of carbonyl (C=O) groups is 1. The maximum Gasteiger partial charge on any atom is 0.354 e. The molecule has 122 valence electrons. The van der Waals surface area contributed by atoms with Crippen LogP contribution < -0.4 is 4.90 Å². The van der Waals surface area contributed by atoms with Gasteiger partial charge in [-0.1, -0.05) is 19.9 Å². The molecule has 2 heterocycles. The Morgan fingerprint density at radius 3 is 2.73 bits per heavy atom. The van der Waals surface area contributed by atoms with E-state index in [2.05, 4.69) is 23.7 Å². The lowest BCUT2D eigenvalue weighted by atomic mass is 9.95. The van der Waals surface area contributed by atoms with Crippen LogP contribution in [0.5, 0.6) is 0 Å². The topological polar surface area (TPSA) is 73.7 Å². The summed E-state index contributed by atoms with van der Waals surface area (Å²) >= 11 is 0. The van der Waals surface area contributed by atoms with Crippen molar-refractivity contribution in [2.24, 2.45) is 5.92 Å². The number of aromatic nitrogens is 1. The van der Waals surface area contributed by atoms with Gasteiger partial charge in [-0.05, 0) is 49.0 Å². The van der Waals surface area contributed by atoms with Gasteiger partial charge in [0.25, 0.3) is 0 Å². The molecular formula is C16H26N2O3Si. The van der Waals surface area contributed by atoms with Crippen molar-refractivity contribution in [2.75, 3.05) is 18.0 Å². The number of pyridine rings is 1. The van der Waals surface area contributed by atoms with E-state index in [1.54, 1.807) is 6.07 Å². The zero-order valence-electron chi connectivity index (χ0n) is 13.8. The van der Waals surface area contributed by atoms with Crippen molar-refractivity contribution in [1.82, 2.24) is 4.98 Å². The molecule has 2 rings (SSSR count). The third kappa shape index (κ3) is 3.67. The fourth-order valence-electron chi connectivity index (χ4n) is 2.90. The highest BCUT2D eigenvalue weighted by Crippen LogP contribution is 2.43. The van der Waals surface area contributed by atoms with Crippen molar-refractivity contribution in [3.05, 3.63) is 23.9 Å². The Labute approximate surface area is 133 Å². The first-order valence-corrected chi connectivity index (χ1v) is 10.7. The minimum atomic E-state index is -2.19. The summed E-state index contributed by atoms with van der Waals surface area (Å²) in [5, 5.41) is 9.02. The molecule has 0 aliphatic carbocycles. The van der Waals surface area contributed by atoms with E-state index in [1.807, 2.05) is 19.2 Å². The summed E-state index contributed by atoms with van der Waals surface area (Å²) in [7, 11) is -2.19. The first kappa shape index (κ1) is 17.0. The van der Waals surface area contributed by atoms with Gasteiger partial charge in [-0.3, -0.25) is 0 Å². The normalized spacial score (nSPS) is 19.5. The van der Waals surface area contributed by atoms with Crippen LogP contribution in [0.1, 0.15) is 37.2 Å². The molecule has 22 heavy (non-hydrogen) atoms. The first-order valence-electron chi connectivity index (χ1n) is 7.78. The van der Waals surface area contributed by atoms with Crippen LogP contribution in [0.3, 0.4) is 0 Å². The van der Waals surface area contributed by atoms with E-state index in [9.17, 15) is 9.59 Å². The predicted octanol–water partition coefficient (Wildman–Crippen LogP) is 2.97. The van der Waals surface area contributed by atoms with E-state index in [-0.39, 0.29) is 10.7 Å². The third-order valence-electron chi connectivity index (χ3n) is 5.02. The maximum atomic E-state index is 11.0. The van der Waals surface area contributed by atoms with Gasteiger partial charge in [0, 0.05) is 13.1 Å². The molecule has 0 bridgehead atoms. The van der Waals surface area contributed by atoms with Crippen molar-refractivity contribution in [3.63, 3.8) is 0 Å². The van der Waals surface area contributed by atoms with Gasteiger partial charge < -0.3 is 14.8 Å². The number of anilines is 1. The fourth-order valence-corrected chi connectivity index (χ4v) is 3.69. The van der Waals surface area contributed by atoms with Crippen molar-refractivity contribution >= 4 is 20.1 Å². The van der Waals surface area contributed by atoms with Crippen molar-refractivity contribution in [3.8, 4) is 0 Å². The highest BCUT2D eigenvalue weighted by Gasteiger charge is 2.40. The molecule has 1 aromatic heterocycles. The average Bonchev–Trinajstić information content (AvgIpc) is 2.85. The van der Waals surface area contributed by atoms with Crippen molar-refractivity contribution < 1.29 is 14.7 Å². The molecule has 0 radical (unpaired) electrons. The lowest BCUT2D eigenvalue weighted by molar-refractivity contribution is 0.0690. The molecule has 1 aliphatic rings. The average molecular weight is 322 g/mol. The maximum absolute atomic E-state index is 11.0. The summed E-state index contributed by atoms with van der Waals surface area (Å²) in [4.78, 5) is 27.8. The van der Waals surface area contributed by atoms with Crippen LogP contribution in [0.4, 0.5) is 5.82 Å². The standard InChI is InChI=1S/C16H26N2O3Si/c1-16(2,22(3,4)21)10-12-8-9-18(11-12)14-7-5-6-13(17-14)15(19)20/h5-7,12,21H,8-11H2,1-4H3,(H,19,20)/t12-/m1/s1. The van der Waals surface area contributed by atoms with Gasteiger partial charge in [0.15, 0.2) is 14.0 Å². The Morgan fingerprint density at radius 2 is 2.14 bits per heavy atom. The van der Waals surface area contributed by atoms with Gasteiger partial charge in [0.05, 0.1) is 0 Å². The second-order valence-corrected chi connectivity index (χ2v) is 11.9. The molecule has 5 nitrogen and oxygen atoms in total. The van der Waals surface area contributed by atoms with Crippen LogP contribution >= 0.6 is 0 Å². The SMILES string of the molecule is CC(C)(C[C@H]1CCN(c2cccc(C(=O)O)n2)C1)[Si](C)(C)O. The van der Waals surface area contributed by atoms with E-state index < -0.39 is 14.3 Å². The second-order valence-electron chi connectivity index (χ2n) is 7.43. The number of hydrogen-bond donors (Lipinski definition) is 2. The van der Waals surface area contributed by atoms with Crippen LogP contribution in [0.25, 0.3) is 0 Å². The van der Waals surface area contributed by atoms with Crippen LogP contribution in [-0.4, -0.2) is 42.3 Å². The van der Waals surface area contributed by atoms with E-state index in [0.717, 1.165) is 31.7 Å². The molecule has 1 atom stereocenters. The molecule has 0 amide bonds. The van der Waals surface area contributed by atoms with Gasteiger partial charge in [-0.25, -0.2) is 9.78 Å². The number of nitrogens with zero attached hydrogens (tertiary/aromatic N) is 2. The van der Waals surface area contributed by atoms with Crippen LogP contribution in [0.2, 0.25) is 18.1 Å². The Kier molecular flexibility index (Phi) is 4.63. The Morgan fingerprint density at radius 1 is 1.45 bits per heavy atom. The monoisotopic (exact) mass is 322 g/mol. The second kappa shape index (κ2) is 6.00. The molecule has 1 saturated heterocycles. The summed E-state index contributed by atoms with van der Waals surface area (Å²) in [6, 6.07) is 5.12. The highest BCUT2D eigenvalue weighted by atomic mass is 28.4. The molecule has 1 aromatic rings. The minimum absolute atomic E-state index is 0.0238. The van der Waals surface area contributed by atoms with Crippen LogP contribution in [0, 0.1) is 5.92 Å². The van der Waals surface area contributed by atoms with E-state index >= 15 is 0 Å². The summed E-state index contributed by atoms with van der Waals surface area (Å²) in [5.41, 5.74) is 0.0881. The van der Waals surface area contributed by atoms with Gasteiger partial charge in [-0.15, -0.1) is 0 Å². The van der Waals surface area contributed by atoms with Gasteiger partial charge in [0.2, 0.25) is 0 Å². The molecule has 1 aliphatic heterocycles. The van der Waals surface area contributed by atoms with E-state index in [4.69, 9.17) is 5.11 Å². The third-order valence-corrected chi connectivity index (χ3v) is 8.54. The summed E-state index contributed by atoms with van der Waals surface area (Å²) in [6.07, 6.45) is 2.06. The zero-order chi connectivity index (χ0) is 16.5.